The fraction of sp³-hybridized carbons (Fsp3) is 0.929. The highest BCUT2D eigenvalue weighted by Gasteiger charge is 2.40. The molecule has 0 aromatic heterocycles. The van der Waals surface area contributed by atoms with E-state index in [0.717, 1.165) is 24.2 Å². The summed E-state index contributed by atoms with van der Waals surface area (Å²) in [5, 5.41) is 4.83. The van der Waals surface area contributed by atoms with Gasteiger partial charge in [-0.15, -0.1) is 0 Å². The summed E-state index contributed by atoms with van der Waals surface area (Å²) in [6, 6.07) is 0. The molecular formula is C14H26N2OS. The van der Waals surface area contributed by atoms with Crippen LogP contribution in [0, 0.1) is 5.92 Å². The van der Waals surface area contributed by atoms with Crippen molar-refractivity contribution in [2.24, 2.45) is 10.9 Å². The van der Waals surface area contributed by atoms with E-state index >= 15 is 0 Å². The normalized spacial score (nSPS) is 35.9. The van der Waals surface area contributed by atoms with E-state index in [1.54, 1.807) is 0 Å². The molecule has 2 fully saturated rings. The van der Waals surface area contributed by atoms with E-state index in [-0.39, 0.29) is 6.10 Å². The second-order valence-electron chi connectivity index (χ2n) is 5.81. The minimum Gasteiger partial charge on any atom is -0.377 e. The van der Waals surface area contributed by atoms with E-state index in [9.17, 15) is 0 Å². The van der Waals surface area contributed by atoms with Gasteiger partial charge in [0.2, 0.25) is 0 Å². The van der Waals surface area contributed by atoms with Gasteiger partial charge in [0.05, 0.1) is 12.6 Å². The average Bonchev–Trinajstić information content (AvgIpc) is 2.70. The third-order valence-electron chi connectivity index (χ3n) is 3.89. The van der Waals surface area contributed by atoms with Crippen LogP contribution in [0.25, 0.3) is 0 Å². The summed E-state index contributed by atoms with van der Waals surface area (Å²) in [6.07, 6.45) is 5.59. The Bertz CT molecular complexity index is 308. The van der Waals surface area contributed by atoms with Crippen LogP contribution in [0.4, 0.5) is 0 Å². The van der Waals surface area contributed by atoms with Crippen LogP contribution in [0.2, 0.25) is 0 Å². The molecule has 4 heteroatoms. The fourth-order valence-electron chi connectivity index (χ4n) is 3.04. The molecule has 2 aliphatic rings. The molecular weight excluding hydrogens is 244 g/mol. The lowest BCUT2D eigenvalue weighted by atomic mass is 9.78. The molecule has 3 unspecified atom stereocenters. The molecule has 1 spiro atoms. The van der Waals surface area contributed by atoms with Crippen LogP contribution in [0.15, 0.2) is 4.99 Å². The number of nitrogens with one attached hydrogen (secondary N) is 1. The van der Waals surface area contributed by atoms with Gasteiger partial charge in [-0.2, -0.15) is 0 Å². The molecule has 0 aromatic carbocycles. The lowest BCUT2D eigenvalue weighted by molar-refractivity contribution is 0.0829. The Labute approximate surface area is 115 Å². The van der Waals surface area contributed by atoms with Gasteiger partial charge in [0.25, 0.3) is 0 Å². The lowest BCUT2D eigenvalue weighted by Crippen LogP contribution is -2.47. The van der Waals surface area contributed by atoms with Crippen LogP contribution in [-0.2, 0) is 4.74 Å². The number of thioether (sulfide) groups is 1. The van der Waals surface area contributed by atoms with Crippen molar-refractivity contribution in [1.82, 2.24) is 5.32 Å². The van der Waals surface area contributed by atoms with Crippen LogP contribution in [0.1, 0.15) is 46.5 Å². The maximum Gasteiger partial charge on any atom is 0.157 e. The van der Waals surface area contributed by atoms with Crippen LogP contribution < -0.4 is 5.32 Å². The third-order valence-corrected chi connectivity index (χ3v) is 5.09. The third kappa shape index (κ3) is 3.64. The van der Waals surface area contributed by atoms with Crippen LogP contribution in [0.3, 0.4) is 0 Å². The molecule has 1 aliphatic carbocycles. The monoisotopic (exact) mass is 270 g/mol. The van der Waals surface area contributed by atoms with Gasteiger partial charge in [-0.25, -0.2) is 0 Å². The first kappa shape index (κ1) is 14.2. The highest BCUT2D eigenvalue weighted by molar-refractivity contribution is 8.14. The average molecular weight is 270 g/mol. The Hall–Kier alpha value is -0.220. The molecule has 0 amide bonds. The van der Waals surface area contributed by atoms with Crippen LogP contribution in [0.5, 0.6) is 0 Å². The molecule has 1 aliphatic heterocycles. The largest absolute Gasteiger partial charge is 0.377 e. The van der Waals surface area contributed by atoms with Crippen LogP contribution >= 0.6 is 11.8 Å². The highest BCUT2D eigenvalue weighted by atomic mass is 32.2. The van der Waals surface area contributed by atoms with Gasteiger partial charge in [0.15, 0.2) is 5.17 Å². The smallest absolute Gasteiger partial charge is 0.157 e. The first-order valence-corrected chi connectivity index (χ1v) is 8.19. The molecule has 3 nitrogen and oxygen atoms in total. The van der Waals surface area contributed by atoms with Gasteiger partial charge >= 0.3 is 0 Å². The summed E-state index contributed by atoms with van der Waals surface area (Å²) in [4.78, 5) is 4.66. The van der Waals surface area contributed by atoms with Crippen molar-refractivity contribution in [3.63, 3.8) is 0 Å². The minimum absolute atomic E-state index is 0.228. The maximum absolute atomic E-state index is 5.51. The zero-order valence-corrected chi connectivity index (χ0v) is 12.7. The van der Waals surface area contributed by atoms with E-state index in [2.05, 4.69) is 24.2 Å². The summed E-state index contributed by atoms with van der Waals surface area (Å²) in [5.74, 6) is 2.05. The van der Waals surface area contributed by atoms with Crippen LogP contribution in [-0.4, -0.2) is 35.7 Å². The number of amidine groups is 1. The number of rotatable bonds is 4. The molecule has 18 heavy (non-hydrogen) atoms. The van der Waals surface area contributed by atoms with Gasteiger partial charge in [0.1, 0.15) is 0 Å². The predicted octanol–water partition coefficient (Wildman–Crippen LogP) is 3.05. The van der Waals surface area contributed by atoms with E-state index in [0.29, 0.717) is 5.54 Å². The van der Waals surface area contributed by atoms with Crippen molar-refractivity contribution in [2.45, 2.75) is 58.1 Å². The van der Waals surface area contributed by atoms with Crippen molar-refractivity contribution in [2.75, 3.05) is 18.9 Å². The quantitative estimate of drug-likeness (QED) is 0.852. The molecule has 1 N–H and O–H groups in total. The van der Waals surface area contributed by atoms with Crippen molar-refractivity contribution < 1.29 is 4.74 Å². The first-order valence-electron chi connectivity index (χ1n) is 7.20. The molecule has 104 valence electrons. The Kier molecular flexibility index (Phi) is 4.96. The van der Waals surface area contributed by atoms with Crippen molar-refractivity contribution in [3.8, 4) is 0 Å². The van der Waals surface area contributed by atoms with E-state index in [1.165, 1.54) is 31.4 Å². The molecule has 2 rings (SSSR count). The van der Waals surface area contributed by atoms with Gasteiger partial charge < -0.3 is 10.1 Å². The summed E-state index contributed by atoms with van der Waals surface area (Å²) < 4.78 is 5.51. The summed E-state index contributed by atoms with van der Waals surface area (Å²) in [5.41, 5.74) is 0.343. The molecule has 1 saturated heterocycles. The molecule has 1 heterocycles. The maximum atomic E-state index is 5.51. The number of aliphatic imine (C=N–C) groups is 1. The Morgan fingerprint density at radius 1 is 1.61 bits per heavy atom. The van der Waals surface area contributed by atoms with Crippen molar-refractivity contribution >= 4 is 16.9 Å². The molecule has 0 radical (unpaired) electrons. The van der Waals surface area contributed by atoms with E-state index in [4.69, 9.17) is 4.74 Å². The van der Waals surface area contributed by atoms with Gasteiger partial charge in [-0.3, -0.25) is 4.99 Å². The Balaban J connectivity index is 1.85. The second kappa shape index (κ2) is 6.29. The molecule has 0 aromatic rings. The SMILES string of the molecule is CCOC(C)CN=C1NC2(CCCC(C)C2)CS1. The summed E-state index contributed by atoms with van der Waals surface area (Å²) >= 11 is 1.89. The predicted molar refractivity (Wildman–Crippen MR) is 79.3 cm³/mol. The molecule has 3 atom stereocenters. The zero-order valence-electron chi connectivity index (χ0n) is 11.9. The Morgan fingerprint density at radius 2 is 2.44 bits per heavy atom. The van der Waals surface area contributed by atoms with Gasteiger partial charge in [-0.1, -0.05) is 31.5 Å². The Morgan fingerprint density at radius 3 is 3.17 bits per heavy atom. The second-order valence-corrected chi connectivity index (χ2v) is 6.77. The fourth-order valence-corrected chi connectivity index (χ4v) is 4.25. The topological polar surface area (TPSA) is 33.6 Å². The number of hydrogen-bond donors (Lipinski definition) is 1. The zero-order chi connectivity index (χ0) is 13.0. The number of nitrogens with zero attached hydrogens (tertiary/aromatic N) is 1. The van der Waals surface area contributed by atoms with E-state index in [1.807, 2.05) is 18.7 Å². The number of hydrogen-bond acceptors (Lipinski definition) is 3. The van der Waals surface area contributed by atoms with Crippen molar-refractivity contribution in [3.05, 3.63) is 0 Å². The van der Waals surface area contributed by atoms with Gasteiger partial charge in [0, 0.05) is 17.9 Å². The van der Waals surface area contributed by atoms with Gasteiger partial charge in [-0.05, 0) is 32.6 Å². The van der Waals surface area contributed by atoms with Crippen molar-refractivity contribution in [1.29, 1.82) is 0 Å². The minimum atomic E-state index is 0.228. The standard InChI is InChI=1S/C14H26N2OS/c1-4-17-12(3)9-15-13-16-14(10-18-13)7-5-6-11(2)8-14/h11-12H,4-10H2,1-3H3,(H,15,16). The van der Waals surface area contributed by atoms with E-state index < -0.39 is 0 Å². The molecule has 1 saturated carbocycles. The highest BCUT2D eigenvalue weighted by Crippen LogP contribution is 2.38. The number of ether oxygens (including phenoxy) is 1. The summed E-state index contributed by atoms with van der Waals surface area (Å²) in [7, 11) is 0. The lowest BCUT2D eigenvalue weighted by Gasteiger charge is -2.36. The molecule has 0 bridgehead atoms. The first-order chi connectivity index (χ1) is 8.63. The summed E-state index contributed by atoms with van der Waals surface area (Å²) in [6.45, 7) is 8.04.